The number of aryl methyl sites for hydroxylation is 1. The van der Waals surface area contributed by atoms with Crippen LogP contribution in [0.15, 0.2) is 24.3 Å². The molecule has 0 bridgehead atoms. The smallest absolute Gasteiger partial charge is 0.119 e. The van der Waals surface area contributed by atoms with E-state index < -0.39 is 0 Å². The molecule has 15 heavy (non-hydrogen) atoms. The molecule has 82 valence electrons. The predicted octanol–water partition coefficient (Wildman–Crippen LogP) is 3.82. The fraction of sp³-hybridized carbons (Fsp3) is 0.571. The Labute approximate surface area is 92.5 Å². The summed E-state index contributed by atoms with van der Waals surface area (Å²) >= 11 is 0. The maximum Gasteiger partial charge on any atom is 0.119 e. The van der Waals surface area contributed by atoms with Crippen LogP contribution in [0.1, 0.15) is 38.2 Å². The van der Waals surface area contributed by atoms with E-state index in [1.54, 1.807) is 0 Å². The van der Waals surface area contributed by atoms with E-state index in [9.17, 15) is 0 Å². The first-order valence-corrected chi connectivity index (χ1v) is 6.10. The molecule has 1 nitrogen and oxygen atoms in total. The molecule has 2 rings (SSSR count). The van der Waals surface area contributed by atoms with E-state index in [1.165, 1.54) is 31.2 Å². The van der Waals surface area contributed by atoms with E-state index in [0.717, 1.165) is 24.7 Å². The van der Waals surface area contributed by atoms with Crippen molar-refractivity contribution in [2.45, 2.75) is 39.0 Å². The van der Waals surface area contributed by atoms with Gasteiger partial charge in [0.1, 0.15) is 5.75 Å². The van der Waals surface area contributed by atoms with Gasteiger partial charge in [0.05, 0.1) is 6.61 Å². The lowest BCUT2D eigenvalue weighted by Crippen LogP contribution is -1.95. The summed E-state index contributed by atoms with van der Waals surface area (Å²) in [5.41, 5.74) is 1.43. The Hall–Kier alpha value is -0.980. The maximum atomic E-state index is 5.62. The van der Waals surface area contributed by atoms with Gasteiger partial charge in [-0.2, -0.15) is 0 Å². The summed E-state index contributed by atoms with van der Waals surface area (Å²) in [7, 11) is 0. The summed E-state index contributed by atoms with van der Waals surface area (Å²) in [5.74, 6) is 2.05. The Balaban J connectivity index is 1.85. The third kappa shape index (κ3) is 3.58. The number of hydrogen-bond donors (Lipinski definition) is 0. The molecule has 1 aromatic carbocycles. The van der Waals surface area contributed by atoms with Gasteiger partial charge in [0.15, 0.2) is 0 Å². The average molecular weight is 204 g/mol. The van der Waals surface area contributed by atoms with Gasteiger partial charge in [0.2, 0.25) is 0 Å². The average Bonchev–Trinajstić information content (AvgIpc) is 3.08. The Morgan fingerprint density at radius 3 is 2.93 bits per heavy atom. The molecule has 0 saturated heterocycles. The lowest BCUT2D eigenvalue weighted by Gasteiger charge is -2.06. The molecule has 1 aliphatic carbocycles. The molecule has 0 atom stereocenters. The van der Waals surface area contributed by atoms with Crippen LogP contribution in [0, 0.1) is 5.92 Å². The third-order valence-corrected chi connectivity index (χ3v) is 2.91. The summed E-state index contributed by atoms with van der Waals surface area (Å²) in [6.07, 6.45) is 6.55. The van der Waals surface area contributed by atoms with Crippen molar-refractivity contribution in [2.24, 2.45) is 5.92 Å². The lowest BCUT2D eigenvalue weighted by molar-refractivity contribution is 0.317. The van der Waals surface area contributed by atoms with Crippen LogP contribution in [0.25, 0.3) is 0 Å². The predicted molar refractivity (Wildman–Crippen MR) is 63.3 cm³/mol. The molecule has 1 heteroatoms. The zero-order valence-corrected chi connectivity index (χ0v) is 9.54. The van der Waals surface area contributed by atoms with Gasteiger partial charge in [-0.1, -0.05) is 31.9 Å². The molecule has 0 N–H and O–H groups in total. The summed E-state index contributed by atoms with van der Waals surface area (Å²) in [5, 5.41) is 0. The van der Waals surface area contributed by atoms with Gasteiger partial charge < -0.3 is 4.74 Å². The monoisotopic (exact) mass is 204 g/mol. The van der Waals surface area contributed by atoms with Crippen LogP contribution in [0.5, 0.6) is 5.75 Å². The first kappa shape index (κ1) is 10.5. The van der Waals surface area contributed by atoms with Crippen molar-refractivity contribution < 1.29 is 4.74 Å². The molecule has 1 aliphatic rings. The second kappa shape index (κ2) is 5.20. The van der Waals surface area contributed by atoms with Crippen molar-refractivity contribution in [1.82, 2.24) is 0 Å². The van der Waals surface area contributed by atoms with Gasteiger partial charge in [-0.15, -0.1) is 0 Å². The van der Waals surface area contributed by atoms with Crippen molar-refractivity contribution >= 4 is 0 Å². The number of hydrogen-bond acceptors (Lipinski definition) is 1. The highest BCUT2D eigenvalue weighted by molar-refractivity contribution is 5.28. The minimum absolute atomic E-state index is 0.825. The van der Waals surface area contributed by atoms with E-state index in [2.05, 4.69) is 31.2 Å². The van der Waals surface area contributed by atoms with E-state index in [0.29, 0.717) is 0 Å². The highest BCUT2D eigenvalue weighted by atomic mass is 16.5. The molecule has 0 amide bonds. The number of ether oxygens (including phenoxy) is 1. The van der Waals surface area contributed by atoms with Gasteiger partial charge in [-0.3, -0.25) is 0 Å². The minimum Gasteiger partial charge on any atom is -0.494 e. The second-order valence-corrected chi connectivity index (χ2v) is 4.48. The normalized spacial score (nSPS) is 15.3. The van der Waals surface area contributed by atoms with Crippen LogP contribution in [-0.4, -0.2) is 6.61 Å². The van der Waals surface area contributed by atoms with Crippen LogP contribution in [0.4, 0.5) is 0 Å². The minimum atomic E-state index is 0.825. The molecule has 0 aromatic heterocycles. The van der Waals surface area contributed by atoms with Crippen molar-refractivity contribution in [3.63, 3.8) is 0 Å². The Morgan fingerprint density at radius 2 is 2.20 bits per heavy atom. The maximum absolute atomic E-state index is 5.62. The summed E-state index contributed by atoms with van der Waals surface area (Å²) in [6.45, 7) is 2.96. The van der Waals surface area contributed by atoms with Crippen molar-refractivity contribution in [3.05, 3.63) is 29.8 Å². The zero-order valence-electron chi connectivity index (χ0n) is 9.54. The van der Waals surface area contributed by atoms with Gasteiger partial charge in [0.25, 0.3) is 0 Å². The number of rotatable bonds is 6. The highest BCUT2D eigenvalue weighted by Crippen LogP contribution is 2.33. The van der Waals surface area contributed by atoms with E-state index in [1.807, 2.05) is 0 Å². The first-order chi connectivity index (χ1) is 7.38. The first-order valence-electron chi connectivity index (χ1n) is 6.10. The van der Waals surface area contributed by atoms with Crippen molar-refractivity contribution in [3.8, 4) is 5.75 Å². The van der Waals surface area contributed by atoms with Crippen LogP contribution in [0.3, 0.4) is 0 Å². The zero-order chi connectivity index (χ0) is 10.5. The van der Waals surface area contributed by atoms with Gasteiger partial charge >= 0.3 is 0 Å². The molecular weight excluding hydrogens is 184 g/mol. The van der Waals surface area contributed by atoms with Gasteiger partial charge in [-0.25, -0.2) is 0 Å². The largest absolute Gasteiger partial charge is 0.494 e. The molecule has 0 radical (unpaired) electrons. The highest BCUT2D eigenvalue weighted by Gasteiger charge is 2.20. The van der Waals surface area contributed by atoms with Crippen molar-refractivity contribution in [1.29, 1.82) is 0 Å². The van der Waals surface area contributed by atoms with Gasteiger partial charge in [-0.05, 0) is 42.9 Å². The third-order valence-electron chi connectivity index (χ3n) is 2.91. The van der Waals surface area contributed by atoms with Crippen molar-refractivity contribution in [2.75, 3.05) is 6.61 Å². The van der Waals surface area contributed by atoms with Crippen LogP contribution in [-0.2, 0) is 6.42 Å². The van der Waals surface area contributed by atoms with Crippen LogP contribution < -0.4 is 4.74 Å². The summed E-state index contributed by atoms with van der Waals surface area (Å²) < 4.78 is 5.62. The SMILES string of the molecule is CCCOc1cccc(CCC2CC2)c1. The molecule has 1 saturated carbocycles. The second-order valence-electron chi connectivity index (χ2n) is 4.48. The lowest BCUT2D eigenvalue weighted by atomic mass is 10.1. The molecule has 0 unspecified atom stereocenters. The van der Waals surface area contributed by atoms with E-state index in [4.69, 9.17) is 4.74 Å². The molecular formula is C14H20O. The standard InChI is InChI=1S/C14H20O/c1-2-10-15-14-5-3-4-13(11-14)9-8-12-6-7-12/h3-5,11-12H,2,6-10H2,1H3. The Bertz CT molecular complexity index is 302. The Kier molecular flexibility index (Phi) is 3.65. The van der Waals surface area contributed by atoms with Gasteiger partial charge in [0, 0.05) is 0 Å². The molecule has 0 heterocycles. The fourth-order valence-corrected chi connectivity index (χ4v) is 1.79. The molecule has 1 fully saturated rings. The quantitative estimate of drug-likeness (QED) is 0.684. The van der Waals surface area contributed by atoms with E-state index in [-0.39, 0.29) is 0 Å². The molecule has 0 spiro atoms. The van der Waals surface area contributed by atoms with E-state index >= 15 is 0 Å². The molecule has 0 aliphatic heterocycles. The molecule has 1 aromatic rings. The summed E-state index contributed by atoms with van der Waals surface area (Å²) in [6, 6.07) is 8.56. The Morgan fingerprint density at radius 1 is 1.33 bits per heavy atom. The van der Waals surface area contributed by atoms with Crippen LogP contribution >= 0.6 is 0 Å². The summed E-state index contributed by atoms with van der Waals surface area (Å²) in [4.78, 5) is 0. The van der Waals surface area contributed by atoms with Crippen LogP contribution in [0.2, 0.25) is 0 Å². The number of benzene rings is 1. The fourth-order valence-electron chi connectivity index (χ4n) is 1.79. The topological polar surface area (TPSA) is 9.23 Å².